The third kappa shape index (κ3) is 4.76. The van der Waals surface area contributed by atoms with E-state index in [1.165, 1.54) is 5.56 Å². The van der Waals surface area contributed by atoms with E-state index in [2.05, 4.69) is 27.4 Å². The van der Waals surface area contributed by atoms with Gasteiger partial charge in [0.25, 0.3) is 0 Å². The van der Waals surface area contributed by atoms with E-state index in [4.69, 9.17) is 0 Å². The van der Waals surface area contributed by atoms with Crippen LogP contribution in [-0.4, -0.2) is 51.4 Å². The number of piperidine rings is 1. The SMILES string of the molecule is Cc1nn(C)c(C)c1CC(=O)N[C@@H]1CCN(Cc2ccccc2)C[C@H]1CO. The van der Waals surface area contributed by atoms with Crippen molar-refractivity contribution in [1.82, 2.24) is 20.0 Å². The lowest BCUT2D eigenvalue weighted by Crippen LogP contribution is -2.52. The fourth-order valence-corrected chi connectivity index (χ4v) is 3.96. The summed E-state index contributed by atoms with van der Waals surface area (Å²) in [6.07, 6.45) is 1.20. The van der Waals surface area contributed by atoms with Gasteiger partial charge in [0.2, 0.25) is 5.91 Å². The molecule has 1 aromatic carbocycles. The number of rotatable bonds is 6. The largest absolute Gasteiger partial charge is 0.396 e. The molecule has 0 radical (unpaired) electrons. The molecular formula is C21H30N4O2. The Labute approximate surface area is 161 Å². The second kappa shape index (κ2) is 8.67. The van der Waals surface area contributed by atoms with Crippen LogP contribution < -0.4 is 5.32 Å². The zero-order valence-corrected chi connectivity index (χ0v) is 16.5. The van der Waals surface area contributed by atoms with Crippen LogP contribution in [-0.2, 0) is 24.8 Å². The quantitative estimate of drug-likeness (QED) is 0.810. The van der Waals surface area contributed by atoms with Crippen molar-refractivity contribution in [2.75, 3.05) is 19.7 Å². The van der Waals surface area contributed by atoms with Crippen LogP contribution in [0.1, 0.15) is 28.9 Å². The Morgan fingerprint density at radius 2 is 2.04 bits per heavy atom. The van der Waals surface area contributed by atoms with Gasteiger partial charge in [-0.25, -0.2) is 0 Å². The molecule has 1 aliphatic rings. The summed E-state index contributed by atoms with van der Waals surface area (Å²) in [7, 11) is 1.90. The molecule has 2 N–H and O–H groups in total. The molecule has 6 nitrogen and oxygen atoms in total. The number of amides is 1. The number of carbonyl (C=O) groups is 1. The van der Waals surface area contributed by atoms with Crippen LogP contribution in [0.5, 0.6) is 0 Å². The summed E-state index contributed by atoms with van der Waals surface area (Å²) in [5, 5.41) is 17.4. The van der Waals surface area contributed by atoms with Gasteiger partial charge in [0.1, 0.15) is 0 Å². The number of carbonyl (C=O) groups excluding carboxylic acids is 1. The Morgan fingerprint density at radius 1 is 1.30 bits per heavy atom. The van der Waals surface area contributed by atoms with Crippen molar-refractivity contribution in [2.45, 2.75) is 39.3 Å². The molecule has 1 saturated heterocycles. The van der Waals surface area contributed by atoms with E-state index in [-0.39, 0.29) is 24.5 Å². The number of nitrogens with one attached hydrogen (secondary N) is 1. The molecule has 0 aliphatic carbocycles. The summed E-state index contributed by atoms with van der Waals surface area (Å²) >= 11 is 0. The molecule has 0 saturated carbocycles. The van der Waals surface area contributed by atoms with Crippen molar-refractivity contribution in [2.24, 2.45) is 13.0 Å². The highest BCUT2D eigenvalue weighted by atomic mass is 16.3. The number of hydrogen-bond donors (Lipinski definition) is 2. The van der Waals surface area contributed by atoms with Crippen LogP contribution in [0, 0.1) is 19.8 Å². The number of aryl methyl sites for hydroxylation is 2. The molecule has 2 atom stereocenters. The van der Waals surface area contributed by atoms with Gasteiger partial charge in [-0.3, -0.25) is 14.4 Å². The van der Waals surface area contributed by atoms with Gasteiger partial charge < -0.3 is 10.4 Å². The van der Waals surface area contributed by atoms with Gasteiger partial charge in [-0.15, -0.1) is 0 Å². The Kier molecular flexibility index (Phi) is 6.29. The summed E-state index contributed by atoms with van der Waals surface area (Å²) in [5.74, 6) is 0.0664. The molecule has 0 spiro atoms. The average molecular weight is 370 g/mol. The molecule has 0 unspecified atom stereocenters. The van der Waals surface area contributed by atoms with Gasteiger partial charge in [-0.2, -0.15) is 5.10 Å². The van der Waals surface area contributed by atoms with Gasteiger partial charge in [0.15, 0.2) is 0 Å². The minimum absolute atomic E-state index is 0.00848. The average Bonchev–Trinajstić information content (AvgIpc) is 2.90. The third-order valence-corrected chi connectivity index (χ3v) is 5.64. The summed E-state index contributed by atoms with van der Waals surface area (Å²) in [5.41, 5.74) is 4.21. The molecule has 146 valence electrons. The van der Waals surface area contributed by atoms with E-state index in [1.807, 2.05) is 43.8 Å². The van der Waals surface area contributed by atoms with E-state index in [0.29, 0.717) is 6.42 Å². The third-order valence-electron chi connectivity index (χ3n) is 5.64. The first-order valence-corrected chi connectivity index (χ1v) is 9.63. The van der Waals surface area contributed by atoms with Crippen molar-refractivity contribution in [3.63, 3.8) is 0 Å². The number of benzene rings is 1. The second-order valence-electron chi connectivity index (χ2n) is 7.58. The zero-order chi connectivity index (χ0) is 19.4. The summed E-state index contributed by atoms with van der Waals surface area (Å²) in [6, 6.07) is 10.4. The lowest BCUT2D eigenvalue weighted by molar-refractivity contribution is -0.122. The molecule has 6 heteroatoms. The maximum atomic E-state index is 12.6. The number of aliphatic hydroxyl groups excluding tert-OH is 1. The van der Waals surface area contributed by atoms with E-state index in [0.717, 1.165) is 43.0 Å². The Balaban J connectivity index is 1.56. The van der Waals surface area contributed by atoms with Crippen LogP contribution in [0.4, 0.5) is 0 Å². The molecule has 1 aliphatic heterocycles. The van der Waals surface area contributed by atoms with Crippen molar-refractivity contribution in [1.29, 1.82) is 0 Å². The molecule has 1 amide bonds. The first-order chi connectivity index (χ1) is 13.0. The number of likely N-dealkylation sites (tertiary alicyclic amines) is 1. The second-order valence-corrected chi connectivity index (χ2v) is 7.58. The maximum Gasteiger partial charge on any atom is 0.224 e. The van der Waals surface area contributed by atoms with Gasteiger partial charge in [0, 0.05) is 56.5 Å². The topological polar surface area (TPSA) is 70.4 Å². The number of hydrogen-bond acceptors (Lipinski definition) is 4. The molecular weight excluding hydrogens is 340 g/mol. The summed E-state index contributed by atoms with van der Waals surface area (Å²) in [4.78, 5) is 14.9. The molecule has 1 fully saturated rings. The van der Waals surface area contributed by atoms with Crippen molar-refractivity contribution >= 4 is 5.91 Å². The molecule has 3 rings (SSSR count). The van der Waals surface area contributed by atoms with E-state index >= 15 is 0 Å². The monoisotopic (exact) mass is 370 g/mol. The Morgan fingerprint density at radius 3 is 2.67 bits per heavy atom. The summed E-state index contributed by atoms with van der Waals surface area (Å²) in [6.45, 7) is 6.60. The predicted molar refractivity (Wildman–Crippen MR) is 105 cm³/mol. The van der Waals surface area contributed by atoms with Gasteiger partial charge in [-0.1, -0.05) is 30.3 Å². The minimum atomic E-state index is 0.00848. The van der Waals surface area contributed by atoms with Crippen LogP contribution in [0.15, 0.2) is 30.3 Å². The van der Waals surface area contributed by atoms with Crippen LogP contribution in [0.2, 0.25) is 0 Å². The van der Waals surface area contributed by atoms with Gasteiger partial charge in [-0.05, 0) is 25.8 Å². The molecule has 27 heavy (non-hydrogen) atoms. The fourth-order valence-electron chi connectivity index (χ4n) is 3.96. The summed E-state index contributed by atoms with van der Waals surface area (Å²) < 4.78 is 1.82. The molecule has 0 bridgehead atoms. The number of nitrogens with zero attached hydrogens (tertiary/aromatic N) is 3. The Bertz CT molecular complexity index is 772. The van der Waals surface area contributed by atoms with Crippen LogP contribution in [0.25, 0.3) is 0 Å². The van der Waals surface area contributed by atoms with Gasteiger partial charge >= 0.3 is 0 Å². The normalized spacial score (nSPS) is 20.6. The van der Waals surface area contributed by atoms with E-state index in [9.17, 15) is 9.90 Å². The minimum Gasteiger partial charge on any atom is -0.396 e. The van der Waals surface area contributed by atoms with E-state index < -0.39 is 0 Å². The highest BCUT2D eigenvalue weighted by Gasteiger charge is 2.30. The van der Waals surface area contributed by atoms with Gasteiger partial charge in [0.05, 0.1) is 12.1 Å². The molecule has 2 aromatic rings. The lowest BCUT2D eigenvalue weighted by atomic mass is 9.92. The van der Waals surface area contributed by atoms with Crippen LogP contribution in [0.3, 0.4) is 0 Å². The maximum absolute atomic E-state index is 12.6. The fraction of sp³-hybridized carbons (Fsp3) is 0.524. The lowest BCUT2D eigenvalue weighted by Gasteiger charge is -2.38. The Hall–Kier alpha value is -2.18. The molecule has 2 heterocycles. The zero-order valence-electron chi connectivity index (χ0n) is 16.5. The van der Waals surface area contributed by atoms with E-state index in [1.54, 1.807) is 0 Å². The predicted octanol–water partition coefficient (Wildman–Crippen LogP) is 1.58. The highest BCUT2D eigenvalue weighted by Crippen LogP contribution is 2.20. The first kappa shape index (κ1) is 19.6. The number of aromatic nitrogens is 2. The van der Waals surface area contributed by atoms with Crippen molar-refractivity contribution in [3.05, 3.63) is 52.8 Å². The van der Waals surface area contributed by atoms with Crippen LogP contribution >= 0.6 is 0 Å². The van der Waals surface area contributed by atoms with Crippen molar-refractivity contribution < 1.29 is 9.90 Å². The number of aliphatic hydroxyl groups is 1. The first-order valence-electron chi connectivity index (χ1n) is 9.63. The standard InChI is InChI=1S/C21H30N4O2/c1-15-19(16(2)24(3)23-15)11-21(27)22-20-9-10-25(13-18(20)14-26)12-17-7-5-4-6-8-17/h4-8,18,20,26H,9-14H2,1-3H3,(H,22,27)/t18-,20+/m0/s1. The highest BCUT2D eigenvalue weighted by molar-refractivity contribution is 5.79. The molecule has 1 aromatic heterocycles. The van der Waals surface area contributed by atoms with Crippen molar-refractivity contribution in [3.8, 4) is 0 Å². The smallest absolute Gasteiger partial charge is 0.224 e.